The third-order valence-electron chi connectivity index (χ3n) is 2.09. The number of nitrogens with one attached hydrogen (secondary N) is 1. The number of rotatable bonds is 4. The van der Waals surface area contributed by atoms with Crippen molar-refractivity contribution in [3.05, 3.63) is 36.2 Å². The van der Waals surface area contributed by atoms with Crippen LogP contribution in [-0.4, -0.2) is 31.2 Å². The van der Waals surface area contributed by atoms with Crippen molar-refractivity contribution in [2.75, 3.05) is 5.32 Å². The highest BCUT2D eigenvalue weighted by molar-refractivity contribution is 5.90. The molecule has 0 saturated carbocycles. The quantitative estimate of drug-likeness (QED) is 0.763. The first kappa shape index (κ1) is 11.2. The third-order valence-corrected chi connectivity index (χ3v) is 2.09. The van der Waals surface area contributed by atoms with Crippen LogP contribution in [0, 0.1) is 0 Å². The Balaban J connectivity index is 1.98. The summed E-state index contributed by atoms with van der Waals surface area (Å²) in [5.74, 6) is -0.229. The molecule has 0 radical (unpaired) electrons. The lowest BCUT2D eigenvalue weighted by Gasteiger charge is -2.05. The minimum absolute atomic E-state index is 0.0519. The van der Waals surface area contributed by atoms with Crippen LogP contribution in [0.15, 0.2) is 30.6 Å². The van der Waals surface area contributed by atoms with E-state index in [-0.39, 0.29) is 19.1 Å². The molecule has 0 bridgehead atoms. The van der Waals surface area contributed by atoms with Crippen LogP contribution in [-0.2, 0) is 17.9 Å². The Labute approximate surface area is 97.1 Å². The lowest BCUT2D eigenvalue weighted by molar-refractivity contribution is -0.116. The van der Waals surface area contributed by atoms with Crippen molar-refractivity contribution >= 4 is 11.6 Å². The number of aliphatic hydroxyl groups is 1. The van der Waals surface area contributed by atoms with Crippen LogP contribution in [0.5, 0.6) is 0 Å². The number of carbonyl (C=O) groups is 1. The van der Waals surface area contributed by atoms with Gasteiger partial charge in [0.2, 0.25) is 5.91 Å². The maximum Gasteiger partial charge on any atom is 0.246 e. The van der Waals surface area contributed by atoms with Gasteiger partial charge in [-0.05, 0) is 28.1 Å². The molecular formula is C10H11N5O2. The number of amides is 1. The number of hydrogen-bond acceptors (Lipinski definition) is 5. The second-order valence-corrected chi connectivity index (χ2v) is 3.41. The molecule has 7 heteroatoms. The van der Waals surface area contributed by atoms with E-state index in [1.165, 1.54) is 11.0 Å². The molecule has 2 aromatic rings. The van der Waals surface area contributed by atoms with Gasteiger partial charge in [0.25, 0.3) is 0 Å². The van der Waals surface area contributed by atoms with Crippen molar-refractivity contribution in [1.29, 1.82) is 0 Å². The molecule has 0 saturated heterocycles. The number of anilines is 1. The first-order valence-corrected chi connectivity index (χ1v) is 4.98. The standard InChI is InChI=1S/C10H11N5O2/c16-6-8-2-1-3-9(4-8)12-10(17)5-15-7-11-13-14-15/h1-4,7,16H,5-6H2,(H,12,17). The van der Waals surface area contributed by atoms with Gasteiger partial charge in [0.1, 0.15) is 12.9 Å². The summed E-state index contributed by atoms with van der Waals surface area (Å²) < 4.78 is 1.32. The Bertz CT molecular complexity index is 497. The fraction of sp³-hybridized carbons (Fsp3) is 0.200. The summed E-state index contributed by atoms with van der Waals surface area (Å²) in [5, 5.41) is 22.1. The number of aromatic nitrogens is 4. The monoisotopic (exact) mass is 233 g/mol. The molecule has 1 aromatic carbocycles. The van der Waals surface area contributed by atoms with Crippen LogP contribution in [0.4, 0.5) is 5.69 Å². The lowest BCUT2D eigenvalue weighted by atomic mass is 10.2. The van der Waals surface area contributed by atoms with Crippen molar-refractivity contribution in [3.63, 3.8) is 0 Å². The Hall–Kier alpha value is -2.28. The zero-order valence-corrected chi connectivity index (χ0v) is 8.95. The molecule has 1 aromatic heterocycles. The maximum absolute atomic E-state index is 11.6. The summed E-state index contributed by atoms with van der Waals surface area (Å²) in [6, 6.07) is 6.99. The minimum atomic E-state index is -0.229. The molecule has 0 fully saturated rings. The minimum Gasteiger partial charge on any atom is -0.392 e. The Morgan fingerprint density at radius 1 is 1.47 bits per heavy atom. The van der Waals surface area contributed by atoms with E-state index in [1.807, 2.05) is 0 Å². The van der Waals surface area contributed by atoms with Crippen molar-refractivity contribution < 1.29 is 9.90 Å². The molecule has 2 rings (SSSR count). The molecular weight excluding hydrogens is 222 g/mol. The second-order valence-electron chi connectivity index (χ2n) is 3.41. The Morgan fingerprint density at radius 3 is 3.06 bits per heavy atom. The molecule has 1 amide bonds. The fourth-order valence-corrected chi connectivity index (χ4v) is 1.35. The molecule has 0 aliphatic heterocycles. The van der Waals surface area contributed by atoms with Gasteiger partial charge in [-0.3, -0.25) is 4.79 Å². The predicted octanol–water partition coefficient (Wildman–Crippen LogP) is -0.196. The highest BCUT2D eigenvalue weighted by Crippen LogP contribution is 2.10. The highest BCUT2D eigenvalue weighted by Gasteiger charge is 2.04. The van der Waals surface area contributed by atoms with E-state index in [2.05, 4.69) is 20.8 Å². The van der Waals surface area contributed by atoms with Crippen LogP contribution >= 0.6 is 0 Å². The summed E-state index contributed by atoms with van der Waals surface area (Å²) >= 11 is 0. The van der Waals surface area contributed by atoms with Gasteiger partial charge in [-0.25, -0.2) is 4.68 Å². The average Bonchev–Trinajstić information content (AvgIpc) is 2.82. The molecule has 17 heavy (non-hydrogen) atoms. The molecule has 0 aliphatic carbocycles. The molecule has 0 unspecified atom stereocenters. The van der Waals surface area contributed by atoms with E-state index in [0.29, 0.717) is 5.69 Å². The van der Waals surface area contributed by atoms with Crippen molar-refractivity contribution in [2.24, 2.45) is 0 Å². The SMILES string of the molecule is O=C(Cn1cnnn1)Nc1cccc(CO)c1. The first-order chi connectivity index (χ1) is 8.28. The number of tetrazole rings is 1. The van der Waals surface area contributed by atoms with Gasteiger partial charge in [-0.2, -0.15) is 0 Å². The largest absolute Gasteiger partial charge is 0.392 e. The number of nitrogens with zero attached hydrogens (tertiary/aromatic N) is 4. The van der Waals surface area contributed by atoms with E-state index >= 15 is 0 Å². The number of aliphatic hydroxyl groups excluding tert-OH is 1. The Morgan fingerprint density at radius 2 is 2.35 bits per heavy atom. The summed E-state index contributed by atoms with van der Waals surface area (Å²) in [6.07, 6.45) is 1.36. The van der Waals surface area contributed by atoms with Gasteiger partial charge in [0.05, 0.1) is 6.61 Å². The number of hydrogen-bond donors (Lipinski definition) is 2. The van der Waals surface area contributed by atoms with Crippen LogP contribution < -0.4 is 5.32 Å². The van der Waals surface area contributed by atoms with E-state index in [1.54, 1.807) is 24.3 Å². The van der Waals surface area contributed by atoms with Gasteiger partial charge in [-0.15, -0.1) is 5.10 Å². The smallest absolute Gasteiger partial charge is 0.246 e. The van der Waals surface area contributed by atoms with Gasteiger partial charge in [-0.1, -0.05) is 12.1 Å². The number of carbonyl (C=O) groups excluding carboxylic acids is 1. The van der Waals surface area contributed by atoms with Crippen LogP contribution in [0.1, 0.15) is 5.56 Å². The normalized spacial score (nSPS) is 10.2. The third kappa shape index (κ3) is 3.08. The predicted molar refractivity (Wildman–Crippen MR) is 58.8 cm³/mol. The molecule has 0 spiro atoms. The molecule has 0 aliphatic rings. The van der Waals surface area contributed by atoms with Crippen LogP contribution in [0.2, 0.25) is 0 Å². The lowest BCUT2D eigenvalue weighted by Crippen LogP contribution is -2.19. The zero-order valence-electron chi connectivity index (χ0n) is 8.95. The van der Waals surface area contributed by atoms with Crippen molar-refractivity contribution in [3.8, 4) is 0 Å². The summed E-state index contributed by atoms with van der Waals surface area (Å²) in [5.41, 5.74) is 1.37. The summed E-state index contributed by atoms with van der Waals surface area (Å²) in [6.45, 7) is -0.00689. The van der Waals surface area contributed by atoms with Gasteiger partial charge >= 0.3 is 0 Å². The average molecular weight is 233 g/mol. The molecule has 0 atom stereocenters. The fourth-order valence-electron chi connectivity index (χ4n) is 1.35. The highest BCUT2D eigenvalue weighted by atomic mass is 16.3. The molecule has 2 N–H and O–H groups in total. The van der Waals surface area contributed by atoms with Gasteiger partial charge in [0, 0.05) is 5.69 Å². The van der Waals surface area contributed by atoms with Gasteiger partial charge < -0.3 is 10.4 Å². The van der Waals surface area contributed by atoms with E-state index in [0.717, 1.165) is 5.56 Å². The Kier molecular flexibility index (Phi) is 3.41. The van der Waals surface area contributed by atoms with Gasteiger partial charge in [0.15, 0.2) is 0 Å². The van der Waals surface area contributed by atoms with Crippen LogP contribution in [0.3, 0.4) is 0 Å². The number of benzene rings is 1. The maximum atomic E-state index is 11.6. The second kappa shape index (κ2) is 5.17. The topological polar surface area (TPSA) is 92.9 Å². The zero-order chi connectivity index (χ0) is 12.1. The molecule has 1 heterocycles. The van der Waals surface area contributed by atoms with Crippen molar-refractivity contribution in [2.45, 2.75) is 13.2 Å². The first-order valence-electron chi connectivity index (χ1n) is 4.98. The summed E-state index contributed by atoms with van der Waals surface area (Å²) in [4.78, 5) is 11.6. The molecule has 7 nitrogen and oxygen atoms in total. The molecule has 88 valence electrons. The van der Waals surface area contributed by atoms with E-state index in [4.69, 9.17) is 5.11 Å². The summed E-state index contributed by atoms with van der Waals surface area (Å²) in [7, 11) is 0. The van der Waals surface area contributed by atoms with E-state index < -0.39 is 0 Å². The van der Waals surface area contributed by atoms with Crippen LogP contribution in [0.25, 0.3) is 0 Å². The van der Waals surface area contributed by atoms with Crippen molar-refractivity contribution in [1.82, 2.24) is 20.2 Å². The van der Waals surface area contributed by atoms with E-state index in [9.17, 15) is 4.79 Å².